The summed E-state index contributed by atoms with van der Waals surface area (Å²) in [5.74, 6) is -0.731. The van der Waals surface area contributed by atoms with Crippen molar-refractivity contribution in [1.82, 2.24) is 9.78 Å². The first kappa shape index (κ1) is 17.4. The number of esters is 1. The summed E-state index contributed by atoms with van der Waals surface area (Å²) in [6.45, 7) is 2.40. The minimum atomic E-state index is -0.430. The number of aromatic nitrogens is 2. The number of ether oxygens (including phenoxy) is 1. The molecular weight excluding hydrogens is 387 g/mol. The second kappa shape index (κ2) is 7.61. The van der Waals surface area contributed by atoms with Crippen LogP contribution in [0.3, 0.4) is 0 Å². The maximum absolute atomic E-state index is 13.1. The first-order valence-electron chi connectivity index (χ1n) is 7.82. The van der Waals surface area contributed by atoms with Crippen molar-refractivity contribution in [2.24, 2.45) is 0 Å². The number of carbonyl (C=O) groups is 1. The Kier molecular flexibility index (Phi) is 5.28. The largest absolute Gasteiger partial charge is 0.461 e. The molecule has 0 fully saturated rings. The van der Waals surface area contributed by atoms with Gasteiger partial charge >= 0.3 is 5.97 Å². The third kappa shape index (κ3) is 4.14. The molecule has 6 heteroatoms. The van der Waals surface area contributed by atoms with E-state index in [1.54, 1.807) is 29.8 Å². The van der Waals surface area contributed by atoms with E-state index >= 15 is 0 Å². The first-order valence-corrected chi connectivity index (χ1v) is 8.61. The van der Waals surface area contributed by atoms with Crippen molar-refractivity contribution in [3.63, 3.8) is 0 Å². The molecule has 3 aromatic rings. The van der Waals surface area contributed by atoms with Gasteiger partial charge in [0.1, 0.15) is 11.5 Å². The van der Waals surface area contributed by atoms with Crippen LogP contribution in [0, 0.1) is 5.82 Å². The number of nitrogens with zero attached hydrogens (tertiary/aromatic N) is 2. The highest BCUT2D eigenvalue weighted by Gasteiger charge is 2.17. The molecule has 0 bridgehead atoms. The number of carbonyl (C=O) groups excluding carboxylic acids is 1. The van der Waals surface area contributed by atoms with Crippen LogP contribution >= 0.6 is 15.9 Å². The van der Waals surface area contributed by atoms with Crippen molar-refractivity contribution in [2.45, 2.75) is 13.5 Å². The Hall–Kier alpha value is -2.47. The van der Waals surface area contributed by atoms with Crippen LogP contribution in [0.4, 0.5) is 4.39 Å². The average molecular weight is 403 g/mol. The molecule has 128 valence electrons. The van der Waals surface area contributed by atoms with Crippen LogP contribution in [-0.2, 0) is 11.3 Å². The van der Waals surface area contributed by atoms with Gasteiger partial charge in [0.15, 0.2) is 0 Å². The van der Waals surface area contributed by atoms with Crippen LogP contribution in [0.5, 0.6) is 0 Å². The average Bonchev–Trinajstić information content (AvgIpc) is 3.02. The lowest BCUT2D eigenvalue weighted by Crippen LogP contribution is -2.14. The molecule has 0 radical (unpaired) electrons. The standard InChI is InChI=1S/C19H16BrFN2O2/c1-2-25-19(24)18-11-17(14-5-7-15(20)8-6-14)22-23(18)12-13-3-9-16(21)10-4-13/h3-11H,2,12H2,1H3. The monoisotopic (exact) mass is 402 g/mol. The lowest BCUT2D eigenvalue weighted by Gasteiger charge is -2.07. The number of hydrogen-bond donors (Lipinski definition) is 0. The maximum Gasteiger partial charge on any atom is 0.356 e. The van der Waals surface area contributed by atoms with E-state index in [0.717, 1.165) is 15.6 Å². The van der Waals surface area contributed by atoms with Crippen LogP contribution in [0.15, 0.2) is 59.1 Å². The molecule has 3 rings (SSSR count). The van der Waals surface area contributed by atoms with Gasteiger partial charge in [0.05, 0.1) is 18.8 Å². The van der Waals surface area contributed by atoms with Gasteiger partial charge in [-0.25, -0.2) is 9.18 Å². The second-order valence-corrected chi connectivity index (χ2v) is 6.34. The lowest BCUT2D eigenvalue weighted by molar-refractivity contribution is 0.0512. The molecule has 2 aromatic carbocycles. The smallest absolute Gasteiger partial charge is 0.356 e. The molecule has 0 amide bonds. The number of halogens is 2. The van der Waals surface area contributed by atoms with E-state index in [2.05, 4.69) is 21.0 Å². The SMILES string of the molecule is CCOC(=O)c1cc(-c2ccc(Br)cc2)nn1Cc1ccc(F)cc1. The van der Waals surface area contributed by atoms with Gasteiger partial charge in [-0.1, -0.05) is 40.2 Å². The highest BCUT2D eigenvalue weighted by Crippen LogP contribution is 2.22. The fraction of sp³-hybridized carbons (Fsp3) is 0.158. The molecule has 0 N–H and O–H groups in total. The van der Waals surface area contributed by atoms with Gasteiger partial charge in [-0.2, -0.15) is 5.10 Å². The van der Waals surface area contributed by atoms with E-state index in [1.807, 2.05) is 24.3 Å². The Balaban J connectivity index is 1.97. The van der Waals surface area contributed by atoms with E-state index in [-0.39, 0.29) is 12.4 Å². The minimum absolute atomic E-state index is 0.286. The summed E-state index contributed by atoms with van der Waals surface area (Å²) < 4.78 is 20.8. The van der Waals surface area contributed by atoms with E-state index in [9.17, 15) is 9.18 Å². The molecule has 0 aliphatic rings. The van der Waals surface area contributed by atoms with E-state index in [0.29, 0.717) is 17.9 Å². The van der Waals surface area contributed by atoms with Gasteiger partial charge in [-0.3, -0.25) is 4.68 Å². The zero-order valence-corrected chi connectivity index (χ0v) is 15.2. The summed E-state index contributed by atoms with van der Waals surface area (Å²) in [6, 6.07) is 15.5. The Morgan fingerprint density at radius 2 is 1.84 bits per heavy atom. The molecule has 0 aliphatic carbocycles. The van der Waals surface area contributed by atoms with E-state index in [1.165, 1.54) is 12.1 Å². The van der Waals surface area contributed by atoms with Gasteiger partial charge in [0.25, 0.3) is 0 Å². The molecule has 0 saturated heterocycles. The highest BCUT2D eigenvalue weighted by atomic mass is 79.9. The third-order valence-corrected chi connectivity index (χ3v) is 4.18. The van der Waals surface area contributed by atoms with Crippen molar-refractivity contribution in [3.8, 4) is 11.3 Å². The molecular formula is C19H16BrFN2O2. The third-order valence-electron chi connectivity index (χ3n) is 3.65. The quantitative estimate of drug-likeness (QED) is 0.582. The predicted octanol–water partition coefficient (Wildman–Crippen LogP) is 4.68. The topological polar surface area (TPSA) is 44.1 Å². The lowest BCUT2D eigenvalue weighted by atomic mass is 10.1. The van der Waals surface area contributed by atoms with Crippen LogP contribution in [0.2, 0.25) is 0 Å². The molecule has 0 spiro atoms. The summed E-state index contributed by atoms with van der Waals surface area (Å²) >= 11 is 3.40. The summed E-state index contributed by atoms with van der Waals surface area (Å²) in [5, 5.41) is 4.54. The number of benzene rings is 2. The second-order valence-electron chi connectivity index (χ2n) is 5.43. The van der Waals surface area contributed by atoms with Crippen molar-refractivity contribution < 1.29 is 13.9 Å². The fourth-order valence-electron chi connectivity index (χ4n) is 2.43. The summed E-state index contributed by atoms with van der Waals surface area (Å²) in [7, 11) is 0. The van der Waals surface area contributed by atoms with Crippen LogP contribution in [-0.4, -0.2) is 22.4 Å². The van der Waals surface area contributed by atoms with Crippen molar-refractivity contribution >= 4 is 21.9 Å². The summed E-state index contributed by atoms with van der Waals surface area (Å²) in [5.41, 5.74) is 2.78. The molecule has 25 heavy (non-hydrogen) atoms. The van der Waals surface area contributed by atoms with Crippen molar-refractivity contribution in [1.29, 1.82) is 0 Å². The van der Waals surface area contributed by atoms with Crippen LogP contribution in [0.1, 0.15) is 23.0 Å². The van der Waals surface area contributed by atoms with Crippen molar-refractivity contribution in [2.75, 3.05) is 6.61 Å². The summed E-state index contributed by atoms with van der Waals surface area (Å²) in [4.78, 5) is 12.3. The van der Waals surface area contributed by atoms with E-state index in [4.69, 9.17) is 4.74 Å². The van der Waals surface area contributed by atoms with Crippen LogP contribution < -0.4 is 0 Å². The molecule has 1 aromatic heterocycles. The Bertz CT molecular complexity index is 873. The Morgan fingerprint density at radius 3 is 2.48 bits per heavy atom. The minimum Gasteiger partial charge on any atom is -0.461 e. The molecule has 0 saturated carbocycles. The number of hydrogen-bond acceptors (Lipinski definition) is 3. The summed E-state index contributed by atoms with van der Waals surface area (Å²) in [6.07, 6.45) is 0. The molecule has 0 unspecified atom stereocenters. The molecule has 1 heterocycles. The molecule has 0 atom stereocenters. The zero-order chi connectivity index (χ0) is 17.8. The fourth-order valence-corrected chi connectivity index (χ4v) is 2.70. The van der Waals surface area contributed by atoms with Gasteiger partial charge < -0.3 is 4.74 Å². The highest BCUT2D eigenvalue weighted by molar-refractivity contribution is 9.10. The first-order chi connectivity index (χ1) is 12.1. The Morgan fingerprint density at radius 1 is 1.16 bits per heavy atom. The van der Waals surface area contributed by atoms with Crippen molar-refractivity contribution in [3.05, 3.63) is 76.1 Å². The zero-order valence-electron chi connectivity index (χ0n) is 13.6. The van der Waals surface area contributed by atoms with Crippen LogP contribution in [0.25, 0.3) is 11.3 Å². The number of rotatable bonds is 5. The molecule has 4 nitrogen and oxygen atoms in total. The van der Waals surface area contributed by atoms with Gasteiger partial charge in [-0.15, -0.1) is 0 Å². The Labute approximate surface area is 153 Å². The van der Waals surface area contributed by atoms with Gasteiger partial charge in [-0.05, 0) is 42.8 Å². The normalized spacial score (nSPS) is 10.7. The van der Waals surface area contributed by atoms with Gasteiger partial charge in [0, 0.05) is 10.0 Å². The van der Waals surface area contributed by atoms with E-state index < -0.39 is 5.97 Å². The maximum atomic E-state index is 13.1. The van der Waals surface area contributed by atoms with Gasteiger partial charge in [0.2, 0.25) is 0 Å². The predicted molar refractivity (Wildman–Crippen MR) is 96.8 cm³/mol. The molecule has 0 aliphatic heterocycles.